The van der Waals surface area contributed by atoms with Crippen molar-refractivity contribution in [1.82, 2.24) is 5.32 Å². The molecule has 1 aromatic carbocycles. The van der Waals surface area contributed by atoms with Crippen LogP contribution in [0.15, 0.2) is 24.3 Å². The molecule has 0 saturated heterocycles. The third-order valence-electron chi connectivity index (χ3n) is 4.75. The molecule has 2 nitrogen and oxygen atoms in total. The van der Waals surface area contributed by atoms with Crippen molar-refractivity contribution in [2.45, 2.75) is 51.5 Å². The van der Waals surface area contributed by atoms with E-state index in [0.717, 1.165) is 12.3 Å². The van der Waals surface area contributed by atoms with Gasteiger partial charge < -0.3 is 10.2 Å². The van der Waals surface area contributed by atoms with Crippen molar-refractivity contribution in [3.63, 3.8) is 0 Å². The van der Waals surface area contributed by atoms with Gasteiger partial charge in [-0.1, -0.05) is 38.3 Å². The van der Waals surface area contributed by atoms with E-state index >= 15 is 0 Å². The van der Waals surface area contributed by atoms with Gasteiger partial charge in [-0.3, -0.25) is 0 Å². The Labute approximate surface area is 124 Å². The summed E-state index contributed by atoms with van der Waals surface area (Å²) in [5.41, 5.74) is 2.75. The molecule has 0 radical (unpaired) electrons. The fourth-order valence-electron chi connectivity index (χ4n) is 3.43. The second kappa shape index (κ2) is 7.68. The van der Waals surface area contributed by atoms with Crippen LogP contribution in [-0.2, 0) is 0 Å². The summed E-state index contributed by atoms with van der Waals surface area (Å²) in [5.74, 6) is 0.897. The number of hydrogen-bond acceptors (Lipinski definition) is 2. The minimum absolute atomic E-state index is 0.479. The quantitative estimate of drug-likeness (QED) is 0.828. The van der Waals surface area contributed by atoms with Gasteiger partial charge >= 0.3 is 0 Å². The molecular weight excluding hydrogens is 244 g/mol. The highest BCUT2D eigenvalue weighted by molar-refractivity contribution is 5.47. The lowest BCUT2D eigenvalue weighted by atomic mass is 9.89. The van der Waals surface area contributed by atoms with Crippen LogP contribution in [0.5, 0.6) is 0 Å². The summed E-state index contributed by atoms with van der Waals surface area (Å²) in [6.07, 6.45) is 8.26. The smallest absolute Gasteiger partial charge is 0.0363 e. The first-order chi connectivity index (χ1) is 9.74. The van der Waals surface area contributed by atoms with Gasteiger partial charge in [-0.05, 0) is 49.9 Å². The monoisotopic (exact) mass is 274 g/mol. The van der Waals surface area contributed by atoms with Gasteiger partial charge in [-0.25, -0.2) is 0 Å². The van der Waals surface area contributed by atoms with E-state index < -0.39 is 0 Å². The summed E-state index contributed by atoms with van der Waals surface area (Å²) >= 11 is 0. The second-order valence-corrected chi connectivity index (χ2v) is 6.23. The van der Waals surface area contributed by atoms with E-state index in [-0.39, 0.29) is 0 Å². The highest BCUT2D eigenvalue weighted by atomic mass is 15.1. The number of nitrogens with zero attached hydrogens (tertiary/aromatic N) is 1. The van der Waals surface area contributed by atoms with E-state index in [1.807, 2.05) is 7.05 Å². The lowest BCUT2D eigenvalue weighted by Crippen LogP contribution is -2.26. The number of rotatable bonds is 6. The summed E-state index contributed by atoms with van der Waals surface area (Å²) < 4.78 is 0. The highest BCUT2D eigenvalue weighted by Gasteiger charge is 2.15. The molecule has 0 heterocycles. The fraction of sp³-hybridized carbons (Fsp3) is 0.667. The average molecular weight is 274 g/mol. The Kier molecular flexibility index (Phi) is 5.90. The van der Waals surface area contributed by atoms with E-state index in [1.54, 1.807) is 0 Å². The molecule has 1 aliphatic carbocycles. The fourth-order valence-corrected chi connectivity index (χ4v) is 3.43. The maximum absolute atomic E-state index is 3.37. The first kappa shape index (κ1) is 15.4. The zero-order valence-electron chi connectivity index (χ0n) is 13.4. The third-order valence-corrected chi connectivity index (χ3v) is 4.75. The summed E-state index contributed by atoms with van der Waals surface area (Å²) in [6.45, 7) is 3.44. The largest absolute Gasteiger partial charge is 0.374 e. The molecule has 0 aliphatic heterocycles. The van der Waals surface area contributed by atoms with Crippen LogP contribution in [0.1, 0.15) is 57.1 Å². The zero-order valence-corrected chi connectivity index (χ0v) is 13.4. The first-order valence-corrected chi connectivity index (χ1v) is 8.23. The Morgan fingerprint density at radius 2 is 1.80 bits per heavy atom. The van der Waals surface area contributed by atoms with Crippen LogP contribution in [0.25, 0.3) is 0 Å². The van der Waals surface area contributed by atoms with Gasteiger partial charge in [0.2, 0.25) is 0 Å². The van der Waals surface area contributed by atoms with Gasteiger partial charge in [0.05, 0.1) is 0 Å². The molecule has 1 fully saturated rings. The summed E-state index contributed by atoms with van der Waals surface area (Å²) in [4.78, 5) is 2.43. The number of nitrogens with one attached hydrogen (secondary N) is 1. The SMILES string of the molecule is CCC(NC)c1ccc(N(C)CC2CCCCC2)cc1. The predicted molar refractivity (Wildman–Crippen MR) is 88.4 cm³/mol. The van der Waals surface area contributed by atoms with E-state index in [9.17, 15) is 0 Å². The molecule has 1 aromatic rings. The van der Waals surface area contributed by atoms with Gasteiger partial charge in [-0.15, -0.1) is 0 Å². The predicted octanol–water partition coefficient (Wildman–Crippen LogP) is 4.37. The maximum Gasteiger partial charge on any atom is 0.0363 e. The topological polar surface area (TPSA) is 15.3 Å². The summed E-state index contributed by atoms with van der Waals surface area (Å²) in [7, 11) is 4.27. The molecule has 1 aliphatic rings. The molecule has 20 heavy (non-hydrogen) atoms. The molecule has 0 amide bonds. The second-order valence-electron chi connectivity index (χ2n) is 6.23. The molecule has 1 unspecified atom stereocenters. The van der Waals surface area contributed by atoms with E-state index in [0.29, 0.717) is 6.04 Å². The molecule has 112 valence electrons. The van der Waals surface area contributed by atoms with Gasteiger partial charge in [0.1, 0.15) is 0 Å². The van der Waals surface area contributed by atoms with Crippen LogP contribution in [0, 0.1) is 5.92 Å². The Balaban J connectivity index is 1.94. The molecule has 1 saturated carbocycles. The van der Waals surface area contributed by atoms with Crippen molar-refractivity contribution < 1.29 is 0 Å². The molecule has 1 atom stereocenters. The Morgan fingerprint density at radius 1 is 1.15 bits per heavy atom. The molecule has 0 bridgehead atoms. The Morgan fingerprint density at radius 3 is 2.35 bits per heavy atom. The standard InChI is InChI=1S/C18H30N2/c1-4-18(19-2)16-10-12-17(13-11-16)20(3)14-15-8-6-5-7-9-15/h10-13,15,18-19H,4-9,14H2,1-3H3. The van der Waals surface area contributed by atoms with E-state index in [2.05, 4.69) is 48.5 Å². The normalized spacial score (nSPS) is 17.9. The van der Waals surface area contributed by atoms with Crippen LogP contribution >= 0.6 is 0 Å². The lowest BCUT2D eigenvalue weighted by Gasteiger charge is -2.28. The minimum Gasteiger partial charge on any atom is -0.374 e. The average Bonchev–Trinajstić information content (AvgIpc) is 2.50. The van der Waals surface area contributed by atoms with Crippen molar-refractivity contribution in [3.05, 3.63) is 29.8 Å². The van der Waals surface area contributed by atoms with Crippen LogP contribution in [-0.4, -0.2) is 20.6 Å². The van der Waals surface area contributed by atoms with Gasteiger partial charge in [0, 0.05) is 25.3 Å². The number of benzene rings is 1. The summed E-state index contributed by atoms with van der Waals surface area (Å²) in [6, 6.07) is 9.58. The van der Waals surface area contributed by atoms with Crippen LogP contribution < -0.4 is 10.2 Å². The molecule has 0 spiro atoms. The number of anilines is 1. The summed E-state index contributed by atoms with van der Waals surface area (Å²) in [5, 5.41) is 3.37. The number of hydrogen-bond donors (Lipinski definition) is 1. The first-order valence-electron chi connectivity index (χ1n) is 8.23. The Bertz CT molecular complexity index is 375. The van der Waals surface area contributed by atoms with E-state index in [4.69, 9.17) is 0 Å². The molecule has 1 N–H and O–H groups in total. The minimum atomic E-state index is 0.479. The molecule has 2 rings (SSSR count). The van der Waals surface area contributed by atoms with Crippen LogP contribution in [0.3, 0.4) is 0 Å². The molecule has 0 aromatic heterocycles. The van der Waals surface area contributed by atoms with Crippen LogP contribution in [0.2, 0.25) is 0 Å². The maximum atomic E-state index is 3.37. The third kappa shape index (κ3) is 3.99. The zero-order chi connectivity index (χ0) is 14.4. The van der Waals surface area contributed by atoms with Crippen molar-refractivity contribution in [1.29, 1.82) is 0 Å². The van der Waals surface area contributed by atoms with Gasteiger partial charge in [0.15, 0.2) is 0 Å². The van der Waals surface area contributed by atoms with Crippen molar-refractivity contribution in [3.8, 4) is 0 Å². The van der Waals surface area contributed by atoms with Crippen LogP contribution in [0.4, 0.5) is 5.69 Å². The van der Waals surface area contributed by atoms with Gasteiger partial charge in [-0.2, -0.15) is 0 Å². The van der Waals surface area contributed by atoms with E-state index in [1.165, 1.54) is 49.9 Å². The van der Waals surface area contributed by atoms with Crippen molar-refractivity contribution in [2.24, 2.45) is 5.92 Å². The lowest BCUT2D eigenvalue weighted by molar-refractivity contribution is 0.362. The molecular formula is C18H30N2. The van der Waals surface area contributed by atoms with Crippen molar-refractivity contribution >= 4 is 5.69 Å². The Hall–Kier alpha value is -1.02. The molecule has 2 heteroatoms. The van der Waals surface area contributed by atoms with Crippen molar-refractivity contribution in [2.75, 3.05) is 25.5 Å². The van der Waals surface area contributed by atoms with Gasteiger partial charge in [0.25, 0.3) is 0 Å². The highest BCUT2D eigenvalue weighted by Crippen LogP contribution is 2.26.